The van der Waals surface area contributed by atoms with Crippen LogP contribution in [0.2, 0.25) is 0 Å². The Kier molecular flexibility index (Phi) is 5.46. The van der Waals surface area contributed by atoms with Gasteiger partial charge in [-0.05, 0) is 36.1 Å². The van der Waals surface area contributed by atoms with Gasteiger partial charge in [-0.25, -0.2) is 5.48 Å². The molecule has 0 aromatic heterocycles. The summed E-state index contributed by atoms with van der Waals surface area (Å²) in [4.78, 5) is 12.2. The highest BCUT2D eigenvalue weighted by Gasteiger charge is 2.23. The SMILES string of the molecule is O=C(NO)C(c1ccccc1)c1cccc(NC2CCOCC2)c1. The van der Waals surface area contributed by atoms with Gasteiger partial charge in [-0.3, -0.25) is 10.0 Å². The second-order valence-electron chi connectivity index (χ2n) is 5.98. The number of rotatable bonds is 5. The molecule has 1 unspecified atom stereocenters. The number of nitrogens with one attached hydrogen (secondary N) is 2. The second kappa shape index (κ2) is 7.95. The number of carbonyl (C=O) groups is 1. The van der Waals surface area contributed by atoms with E-state index in [0.717, 1.165) is 42.9 Å². The predicted molar refractivity (Wildman–Crippen MR) is 92.1 cm³/mol. The van der Waals surface area contributed by atoms with Crippen LogP contribution in [0.15, 0.2) is 54.6 Å². The zero-order valence-electron chi connectivity index (χ0n) is 13.4. The van der Waals surface area contributed by atoms with Gasteiger partial charge < -0.3 is 10.1 Å². The fraction of sp³-hybridized carbons (Fsp3) is 0.316. The van der Waals surface area contributed by atoms with Gasteiger partial charge in [0.2, 0.25) is 0 Å². The first-order valence-corrected chi connectivity index (χ1v) is 8.21. The normalized spacial score (nSPS) is 16.4. The minimum absolute atomic E-state index is 0.385. The van der Waals surface area contributed by atoms with Gasteiger partial charge in [0.1, 0.15) is 0 Å². The van der Waals surface area contributed by atoms with Crippen molar-refractivity contribution in [1.29, 1.82) is 0 Å². The lowest BCUT2D eigenvalue weighted by Gasteiger charge is -2.25. The lowest BCUT2D eigenvalue weighted by Crippen LogP contribution is -2.28. The van der Waals surface area contributed by atoms with Crippen LogP contribution in [0.5, 0.6) is 0 Å². The summed E-state index contributed by atoms with van der Waals surface area (Å²) < 4.78 is 5.38. The van der Waals surface area contributed by atoms with Gasteiger partial charge in [0, 0.05) is 24.9 Å². The molecule has 2 aromatic rings. The molecular formula is C19H22N2O3. The molecule has 3 N–H and O–H groups in total. The van der Waals surface area contributed by atoms with E-state index in [9.17, 15) is 4.79 Å². The van der Waals surface area contributed by atoms with Crippen LogP contribution < -0.4 is 10.8 Å². The van der Waals surface area contributed by atoms with Gasteiger partial charge in [0.25, 0.3) is 5.91 Å². The average Bonchev–Trinajstić information content (AvgIpc) is 2.64. The number of amides is 1. The standard InChI is InChI=1S/C19H22N2O3/c22-19(21-23)18(14-5-2-1-3-6-14)15-7-4-8-17(13-15)20-16-9-11-24-12-10-16/h1-8,13,16,18,20,23H,9-12H2,(H,21,22). The topological polar surface area (TPSA) is 70.6 Å². The van der Waals surface area contributed by atoms with Gasteiger partial charge in [-0.1, -0.05) is 42.5 Å². The van der Waals surface area contributed by atoms with Crippen molar-refractivity contribution >= 4 is 11.6 Å². The number of ether oxygens (including phenoxy) is 1. The summed E-state index contributed by atoms with van der Waals surface area (Å²) in [6, 6.07) is 17.6. The molecule has 1 fully saturated rings. The van der Waals surface area contributed by atoms with E-state index in [1.165, 1.54) is 0 Å². The summed E-state index contributed by atoms with van der Waals surface area (Å²) in [5.74, 6) is -0.989. The maximum Gasteiger partial charge on any atom is 0.255 e. The third-order valence-corrected chi connectivity index (χ3v) is 4.32. The first kappa shape index (κ1) is 16.5. The Hall–Kier alpha value is -2.37. The van der Waals surface area contributed by atoms with E-state index < -0.39 is 11.8 Å². The Balaban J connectivity index is 1.85. The quantitative estimate of drug-likeness (QED) is 0.584. The van der Waals surface area contributed by atoms with Crippen LogP contribution in [-0.2, 0) is 9.53 Å². The molecular weight excluding hydrogens is 304 g/mol. The van der Waals surface area contributed by atoms with Crippen LogP contribution in [0.1, 0.15) is 29.9 Å². The van der Waals surface area contributed by atoms with E-state index in [0.29, 0.717) is 6.04 Å². The van der Waals surface area contributed by atoms with Crippen molar-refractivity contribution in [3.8, 4) is 0 Å². The molecule has 0 bridgehead atoms. The number of benzene rings is 2. The number of hydrogen-bond acceptors (Lipinski definition) is 4. The van der Waals surface area contributed by atoms with E-state index in [4.69, 9.17) is 9.94 Å². The summed E-state index contributed by atoms with van der Waals surface area (Å²) in [6.07, 6.45) is 1.95. The maximum atomic E-state index is 12.2. The Labute approximate surface area is 141 Å². The summed E-state index contributed by atoms with van der Waals surface area (Å²) in [7, 11) is 0. The molecule has 1 aliphatic heterocycles. The second-order valence-corrected chi connectivity index (χ2v) is 5.98. The van der Waals surface area contributed by atoms with Gasteiger partial charge in [0.05, 0.1) is 5.92 Å². The van der Waals surface area contributed by atoms with Gasteiger partial charge in [-0.2, -0.15) is 0 Å². The molecule has 1 aliphatic rings. The molecule has 126 valence electrons. The van der Waals surface area contributed by atoms with E-state index in [1.54, 1.807) is 5.48 Å². The van der Waals surface area contributed by atoms with Crippen molar-refractivity contribution in [2.24, 2.45) is 0 Å². The maximum absolute atomic E-state index is 12.2. The molecule has 0 spiro atoms. The molecule has 2 aromatic carbocycles. The lowest BCUT2D eigenvalue weighted by atomic mass is 9.90. The largest absolute Gasteiger partial charge is 0.382 e. The molecule has 0 radical (unpaired) electrons. The summed E-state index contributed by atoms with van der Waals surface area (Å²) in [6.45, 7) is 1.55. The minimum Gasteiger partial charge on any atom is -0.382 e. The lowest BCUT2D eigenvalue weighted by molar-refractivity contribution is -0.129. The van der Waals surface area contributed by atoms with Gasteiger partial charge in [0.15, 0.2) is 0 Å². The fourth-order valence-electron chi connectivity index (χ4n) is 3.09. The molecule has 1 atom stereocenters. The first-order valence-electron chi connectivity index (χ1n) is 8.21. The third-order valence-electron chi connectivity index (χ3n) is 4.32. The average molecular weight is 326 g/mol. The molecule has 1 heterocycles. The van der Waals surface area contributed by atoms with Crippen LogP contribution in [0.25, 0.3) is 0 Å². The third kappa shape index (κ3) is 3.93. The van der Waals surface area contributed by atoms with Crippen molar-refractivity contribution < 1.29 is 14.7 Å². The van der Waals surface area contributed by atoms with Crippen LogP contribution in [0.4, 0.5) is 5.69 Å². The van der Waals surface area contributed by atoms with Crippen molar-refractivity contribution in [3.63, 3.8) is 0 Å². The molecule has 5 heteroatoms. The van der Waals surface area contributed by atoms with E-state index in [1.807, 2.05) is 54.6 Å². The number of hydrogen-bond donors (Lipinski definition) is 3. The molecule has 1 saturated heterocycles. The molecule has 5 nitrogen and oxygen atoms in total. The minimum atomic E-state index is -0.548. The van der Waals surface area contributed by atoms with E-state index in [-0.39, 0.29) is 0 Å². The number of hydroxylamine groups is 1. The van der Waals surface area contributed by atoms with Crippen molar-refractivity contribution in [2.75, 3.05) is 18.5 Å². The highest BCUT2D eigenvalue weighted by Crippen LogP contribution is 2.27. The summed E-state index contributed by atoms with van der Waals surface area (Å²) in [5, 5.41) is 12.6. The van der Waals surface area contributed by atoms with Crippen molar-refractivity contribution in [2.45, 2.75) is 24.8 Å². The van der Waals surface area contributed by atoms with Crippen LogP contribution >= 0.6 is 0 Å². The Morgan fingerprint density at radius 3 is 2.46 bits per heavy atom. The van der Waals surface area contributed by atoms with Gasteiger partial charge >= 0.3 is 0 Å². The highest BCUT2D eigenvalue weighted by atomic mass is 16.5. The first-order chi connectivity index (χ1) is 11.8. The molecule has 0 saturated carbocycles. The Morgan fingerprint density at radius 1 is 1.04 bits per heavy atom. The van der Waals surface area contributed by atoms with E-state index in [2.05, 4.69) is 5.32 Å². The predicted octanol–water partition coefficient (Wildman–Crippen LogP) is 2.91. The van der Waals surface area contributed by atoms with E-state index >= 15 is 0 Å². The highest BCUT2D eigenvalue weighted by molar-refractivity contribution is 5.86. The van der Waals surface area contributed by atoms with Gasteiger partial charge in [-0.15, -0.1) is 0 Å². The summed E-state index contributed by atoms with van der Waals surface area (Å²) >= 11 is 0. The summed E-state index contributed by atoms with van der Waals surface area (Å²) in [5.41, 5.74) is 4.44. The number of carbonyl (C=O) groups excluding carboxylic acids is 1. The zero-order valence-corrected chi connectivity index (χ0v) is 13.4. The number of anilines is 1. The van der Waals surface area contributed by atoms with Crippen molar-refractivity contribution in [1.82, 2.24) is 5.48 Å². The van der Waals surface area contributed by atoms with Crippen LogP contribution in [0, 0.1) is 0 Å². The Morgan fingerprint density at radius 2 is 1.75 bits per heavy atom. The van der Waals surface area contributed by atoms with Crippen molar-refractivity contribution in [3.05, 3.63) is 65.7 Å². The van der Waals surface area contributed by atoms with Crippen LogP contribution in [-0.4, -0.2) is 30.4 Å². The van der Waals surface area contributed by atoms with Crippen LogP contribution in [0.3, 0.4) is 0 Å². The monoisotopic (exact) mass is 326 g/mol. The zero-order chi connectivity index (χ0) is 16.8. The smallest absolute Gasteiger partial charge is 0.255 e. The molecule has 1 amide bonds. The molecule has 24 heavy (non-hydrogen) atoms. The molecule has 0 aliphatic carbocycles. The Bertz CT molecular complexity index is 669. The molecule has 3 rings (SSSR count). The fourth-order valence-corrected chi connectivity index (χ4v) is 3.09.